The fourth-order valence-corrected chi connectivity index (χ4v) is 3.28. The Kier molecular flexibility index (Phi) is 5.72. The van der Waals surface area contributed by atoms with Gasteiger partial charge < -0.3 is 15.2 Å². The summed E-state index contributed by atoms with van der Waals surface area (Å²) in [5, 5.41) is 10.9. The number of fused-ring (bicyclic) bond motifs is 1. The molecule has 6 nitrogen and oxygen atoms in total. The van der Waals surface area contributed by atoms with Crippen LogP contribution in [-0.4, -0.2) is 35.2 Å². The standard InChI is InChI=1S/C19H19FN4O2.ClH/c1-11-17-15(18(25)22-14-3-2-8-21-10-14)9-16(23-19(17)26-24-11)12-4-6-13(20)7-5-12;/h4-7,9,14,21H,2-3,8,10H2,1H3,(H,22,25);1H/t14-;/m0./s1. The summed E-state index contributed by atoms with van der Waals surface area (Å²) in [7, 11) is 0. The van der Waals surface area contributed by atoms with Crippen molar-refractivity contribution in [3.63, 3.8) is 0 Å². The summed E-state index contributed by atoms with van der Waals surface area (Å²) in [6.45, 7) is 3.52. The topological polar surface area (TPSA) is 80.0 Å². The lowest BCUT2D eigenvalue weighted by atomic mass is 10.0. The summed E-state index contributed by atoms with van der Waals surface area (Å²) in [6.07, 6.45) is 1.98. The molecule has 0 spiro atoms. The Morgan fingerprint density at radius 1 is 1.33 bits per heavy atom. The van der Waals surface area contributed by atoms with Gasteiger partial charge >= 0.3 is 0 Å². The first kappa shape index (κ1) is 19.3. The second-order valence-electron chi connectivity index (χ2n) is 6.53. The first-order chi connectivity index (χ1) is 12.6. The summed E-state index contributed by atoms with van der Waals surface area (Å²) in [4.78, 5) is 17.4. The predicted octanol–water partition coefficient (Wildman–Crippen LogP) is 3.24. The summed E-state index contributed by atoms with van der Waals surface area (Å²) >= 11 is 0. The summed E-state index contributed by atoms with van der Waals surface area (Å²) < 4.78 is 18.5. The Balaban J connectivity index is 0.00000210. The molecule has 0 saturated carbocycles. The molecule has 1 atom stereocenters. The third kappa shape index (κ3) is 3.94. The van der Waals surface area contributed by atoms with Gasteiger partial charge in [-0.2, -0.15) is 0 Å². The van der Waals surface area contributed by atoms with Gasteiger partial charge in [0.1, 0.15) is 5.82 Å². The van der Waals surface area contributed by atoms with Crippen LogP contribution in [0.4, 0.5) is 4.39 Å². The second kappa shape index (κ2) is 8.02. The zero-order valence-corrected chi connectivity index (χ0v) is 15.6. The van der Waals surface area contributed by atoms with E-state index >= 15 is 0 Å². The number of amides is 1. The highest BCUT2D eigenvalue weighted by Gasteiger charge is 2.22. The fourth-order valence-electron chi connectivity index (χ4n) is 3.28. The smallest absolute Gasteiger partial charge is 0.259 e. The molecule has 1 aliphatic rings. The van der Waals surface area contributed by atoms with E-state index in [9.17, 15) is 9.18 Å². The Morgan fingerprint density at radius 2 is 2.11 bits per heavy atom. The van der Waals surface area contributed by atoms with Crippen LogP contribution in [0.3, 0.4) is 0 Å². The van der Waals surface area contributed by atoms with Gasteiger partial charge in [0.25, 0.3) is 11.6 Å². The zero-order chi connectivity index (χ0) is 18.1. The monoisotopic (exact) mass is 390 g/mol. The van der Waals surface area contributed by atoms with Crippen molar-refractivity contribution in [1.82, 2.24) is 20.8 Å². The number of carbonyl (C=O) groups is 1. The Morgan fingerprint density at radius 3 is 2.81 bits per heavy atom. The molecule has 2 aromatic heterocycles. The van der Waals surface area contributed by atoms with Crippen molar-refractivity contribution in [2.24, 2.45) is 0 Å². The number of piperidine rings is 1. The van der Waals surface area contributed by atoms with Crippen molar-refractivity contribution in [1.29, 1.82) is 0 Å². The maximum absolute atomic E-state index is 13.2. The van der Waals surface area contributed by atoms with E-state index in [1.807, 2.05) is 0 Å². The number of hydrogen-bond donors (Lipinski definition) is 2. The summed E-state index contributed by atoms with van der Waals surface area (Å²) in [6, 6.07) is 7.78. The van der Waals surface area contributed by atoms with Gasteiger partial charge in [0.15, 0.2) is 0 Å². The van der Waals surface area contributed by atoms with E-state index in [-0.39, 0.29) is 30.2 Å². The maximum atomic E-state index is 13.2. The van der Waals surface area contributed by atoms with Crippen LogP contribution < -0.4 is 10.6 Å². The minimum absolute atomic E-state index is 0. The first-order valence-electron chi connectivity index (χ1n) is 8.66. The number of halogens is 2. The third-order valence-electron chi connectivity index (χ3n) is 4.63. The van der Waals surface area contributed by atoms with E-state index in [1.54, 1.807) is 25.1 Å². The molecule has 1 aliphatic heterocycles. The van der Waals surface area contributed by atoms with Crippen LogP contribution in [0.1, 0.15) is 28.9 Å². The molecule has 142 valence electrons. The number of aromatic nitrogens is 2. The average molecular weight is 391 g/mol. The lowest BCUT2D eigenvalue weighted by Gasteiger charge is -2.24. The van der Waals surface area contributed by atoms with Gasteiger partial charge in [0.05, 0.1) is 22.3 Å². The zero-order valence-electron chi connectivity index (χ0n) is 14.8. The van der Waals surface area contributed by atoms with Crippen molar-refractivity contribution >= 4 is 29.4 Å². The largest absolute Gasteiger partial charge is 0.348 e. The predicted molar refractivity (Wildman–Crippen MR) is 103 cm³/mol. The second-order valence-corrected chi connectivity index (χ2v) is 6.53. The van der Waals surface area contributed by atoms with E-state index < -0.39 is 0 Å². The van der Waals surface area contributed by atoms with Crippen LogP contribution in [-0.2, 0) is 0 Å². The van der Waals surface area contributed by atoms with E-state index in [1.165, 1.54) is 12.1 Å². The van der Waals surface area contributed by atoms with Crippen LogP contribution in [0.25, 0.3) is 22.4 Å². The van der Waals surface area contributed by atoms with Gasteiger partial charge in [-0.25, -0.2) is 9.37 Å². The molecule has 0 bridgehead atoms. The van der Waals surface area contributed by atoms with E-state index in [0.29, 0.717) is 33.6 Å². The van der Waals surface area contributed by atoms with E-state index in [4.69, 9.17) is 4.52 Å². The van der Waals surface area contributed by atoms with Crippen LogP contribution in [0.15, 0.2) is 34.9 Å². The first-order valence-corrected chi connectivity index (χ1v) is 8.66. The molecular weight excluding hydrogens is 371 g/mol. The maximum Gasteiger partial charge on any atom is 0.259 e. The molecule has 27 heavy (non-hydrogen) atoms. The third-order valence-corrected chi connectivity index (χ3v) is 4.63. The molecule has 4 rings (SSSR count). The van der Waals surface area contributed by atoms with Gasteiger partial charge in [-0.05, 0) is 56.6 Å². The molecule has 8 heteroatoms. The Labute approximate surface area is 161 Å². The molecule has 2 N–H and O–H groups in total. The Bertz CT molecular complexity index is 952. The molecule has 1 aromatic carbocycles. The number of nitrogens with one attached hydrogen (secondary N) is 2. The quantitative estimate of drug-likeness (QED) is 0.717. The van der Waals surface area contributed by atoms with Crippen LogP contribution in [0.2, 0.25) is 0 Å². The molecule has 1 saturated heterocycles. The molecule has 1 fully saturated rings. The minimum Gasteiger partial charge on any atom is -0.348 e. The number of nitrogens with zero attached hydrogens (tertiary/aromatic N) is 2. The highest BCUT2D eigenvalue weighted by atomic mass is 35.5. The van der Waals surface area contributed by atoms with Crippen molar-refractivity contribution in [3.05, 3.63) is 47.4 Å². The molecule has 3 aromatic rings. The normalized spacial score (nSPS) is 16.7. The molecular formula is C19H20ClFN4O2. The van der Waals surface area contributed by atoms with Crippen molar-refractivity contribution in [2.75, 3.05) is 13.1 Å². The number of rotatable bonds is 3. The van der Waals surface area contributed by atoms with Crippen LogP contribution >= 0.6 is 12.4 Å². The van der Waals surface area contributed by atoms with Gasteiger partial charge in [-0.3, -0.25) is 4.79 Å². The molecule has 0 unspecified atom stereocenters. The van der Waals surface area contributed by atoms with Crippen molar-refractivity contribution < 1.29 is 13.7 Å². The fraction of sp³-hybridized carbons (Fsp3) is 0.316. The number of hydrogen-bond acceptors (Lipinski definition) is 5. The van der Waals surface area contributed by atoms with E-state index in [2.05, 4.69) is 20.8 Å². The van der Waals surface area contributed by atoms with Gasteiger partial charge in [0, 0.05) is 18.2 Å². The lowest BCUT2D eigenvalue weighted by Crippen LogP contribution is -2.45. The molecule has 3 heterocycles. The average Bonchev–Trinajstić information content (AvgIpc) is 3.03. The van der Waals surface area contributed by atoms with Crippen molar-refractivity contribution in [2.45, 2.75) is 25.8 Å². The number of aryl methyl sites for hydroxylation is 1. The summed E-state index contributed by atoms with van der Waals surface area (Å²) in [5.74, 6) is -0.506. The summed E-state index contributed by atoms with van der Waals surface area (Å²) in [5.41, 5.74) is 2.64. The van der Waals surface area contributed by atoms with Gasteiger partial charge in [-0.1, -0.05) is 5.16 Å². The van der Waals surface area contributed by atoms with Gasteiger partial charge in [0.2, 0.25) is 0 Å². The number of benzene rings is 1. The molecule has 0 radical (unpaired) electrons. The lowest BCUT2D eigenvalue weighted by molar-refractivity contribution is 0.0932. The van der Waals surface area contributed by atoms with Crippen molar-refractivity contribution in [3.8, 4) is 11.3 Å². The highest BCUT2D eigenvalue weighted by molar-refractivity contribution is 6.07. The minimum atomic E-state index is -0.326. The number of pyridine rings is 1. The Hall–Kier alpha value is -2.51. The molecule has 1 amide bonds. The van der Waals surface area contributed by atoms with Gasteiger partial charge in [-0.15, -0.1) is 12.4 Å². The van der Waals surface area contributed by atoms with Crippen LogP contribution in [0.5, 0.6) is 0 Å². The number of carbonyl (C=O) groups excluding carboxylic acids is 1. The SMILES string of the molecule is Cc1noc2nc(-c3ccc(F)cc3)cc(C(=O)N[C@H]3CCCNC3)c12.Cl. The molecule has 0 aliphatic carbocycles. The van der Waals surface area contributed by atoms with E-state index in [0.717, 1.165) is 25.9 Å². The highest BCUT2D eigenvalue weighted by Crippen LogP contribution is 2.27. The van der Waals surface area contributed by atoms with Crippen LogP contribution in [0, 0.1) is 12.7 Å².